The van der Waals surface area contributed by atoms with E-state index in [4.69, 9.17) is 10.9 Å². The standard InChI is InChI=1S/C11H20N4OS/c1-9-14-10(8-17-9)5-7-13-6-3-2-4-11(12)15-16/h8,13,16H,2-7H2,1H3,(H2,12,15). The molecule has 0 aliphatic rings. The molecule has 1 aromatic rings. The molecule has 0 aliphatic heterocycles. The predicted molar refractivity (Wildman–Crippen MR) is 70.7 cm³/mol. The quantitative estimate of drug-likeness (QED) is 0.216. The number of hydrogen-bond acceptors (Lipinski definition) is 5. The highest BCUT2D eigenvalue weighted by atomic mass is 32.1. The van der Waals surface area contributed by atoms with Gasteiger partial charge in [0.25, 0.3) is 0 Å². The van der Waals surface area contributed by atoms with Crippen LogP contribution in [0.5, 0.6) is 0 Å². The first-order chi connectivity index (χ1) is 8.22. The summed E-state index contributed by atoms with van der Waals surface area (Å²) in [6.07, 6.45) is 3.61. The minimum atomic E-state index is 0.308. The van der Waals surface area contributed by atoms with Crippen molar-refractivity contribution < 1.29 is 5.21 Å². The van der Waals surface area contributed by atoms with Crippen molar-refractivity contribution >= 4 is 17.2 Å². The third-order valence-corrected chi connectivity index (χ3v) is 3.21. The maximum atomic E-state index is 8.34. The van der Waals surface area contributed by atoms with Gasteiger partial charge >= 0.3 is 0 Å². The summed E-state index contributed by atoms with van der Waals surface area (Å²) in [6.45, 7) is 3.93. The van der Waals surface area contributed by atoms with Crippen LogP contribution in [0.3, 0.4) is 0 Å². The minimum absolute atomic E-state index is 0.308. The summed E-state index contributed by atoms with van der Waals surface area (Å²) in [5.41, 5.74) is 6.53. The highest BCUT2D eigenvalue weighted by molar-refractivity contribution is 7.09. The summed E-state index contributed by atoms with van der Waals surface area (Å²) in [4.78, 5) is 4.40. The van der Waals surface area contributed by atoms with E-state index >= 15 is 0 Å². The van der Waals surface area contributed by atoms with Crippen molar-refractivity contribution in [2.24, 2.45) is 10.9 Å². The van der Waals surface area contributed by atoms with Crippen molar-refractivity contribution in [1.29, 1.82) is 0 Å². The highest BCUT2D eigenvalue weighted by Crippen LogP contribution is 2.07. The number of oxime groups is 1. The lowest BCUT2D eigenvalue weighted by molar-refractivity contribution is 0.316. The number of amidine groups is 1. The van der Waals surface area contributed by atoms with E-state index in [1.165, 1.54) is 0 Å². The average molecular weight is 256 g/mol. The highest BCUT2D eigenvalue weighted by Gasteiger charge is 1.98. The molecule has 6 heteroatoms. The zero-order valence-corrected chi connectivity index (χ0v) is 11.0. The monoisotopic (exact) mass is 256 g/mol. The Balaban J connectivity index is 1.94. The Kier molecular flexibility index (Phi) is 6.57. The lowest BCUT2D eigenvalue weighted by Crippen LogP contribution is -2.19. The first kappa shape index (κ1) is 13.9. The van der Waals surface area contributed by atoms with Crippen molar-refractivity contribution in [3.8, 4) is 0 Å². The normalized spacial score (nSPS) is 11.9. The van der Waals surface area contributed by atoms with Crippen LogP contribution < -0.4 is 11.1 Å². The number of aromatic nitrogens is 1. The van der Waals surface area contributed by atoms with Crippen LogP contribution in [0.2, 0.25) is 0 Å². The van der Waals surface area contributed by atoms with Crippen molar-refractivity contribution in [1.82, 2.24) is 10.3 Å². The number of nitrogens with zero attached hydrogens (tertiary/aromatic N) is 2. The van der Waals surface area contributed by atoms with Crippen LogP contribution >= 0.6 is 11.3 Å². The van der Waals surface area contributed by atoms with E-state index < -0.39 is 0 Å². The van der Waals surface area contributed by atoms with Crippen molar-refractivity contribution in [3.05, 3.63) is 16.1 Å². The predicted octanol–water partition coefficient (Wildman–Crippen LogP) is 1.50. The Morgan fingerprint density at radius 1 is 1.53 bits per heavy atom. The molecule has 5 nitrogen and oxygen atoms in total. The van der Waals surface area contributed by atoms with Crippen LogP contribution in [-0.2, 0) is 6.42 Å². The van der Waals surface area contributed by atoms with E-state index in [1.54, 1.807) is 11.3 Å². The van der Waals surface area contributed by atoms with E-state index in [0.717, 1.165) is 43.1 Å². The molecule has 0 aromatic carbocycles. The van der Waals surface area contributed by atoms with Gasteiger partial charge in [-0.1, -0.05) is 5.16 Å². The Hall–Kier alpha value is -1.14. The summed E-state index contributed by atoms with van der Waals surface area (Å²) in [5, 5.41) is 17.9. The molecule has 0 saturated carbocycles. The summed E-state index contributed by atoms with van der Waals surface area (Å²) in [6, 6.07) is 0. The number of unbranched alkanes of at least 4 members (excludes halogenated alkanes) is 1. The molecule has 0 aliphatic carbocycles. The fourth-order valence-electron chi connectivity index (χ4n) is 1.47. The van der Waals surface area contributed by atoms with E-state index in [2.05, 4.69) is 20.8 Å². The SMILES string of the molecule is Cc1nc(CCNCCCCC(N)=NO)cs1. The van der Waals surface area contributed by atoms with Crippen molar-refractivity contribution in [3.63, 3.8) is 0 Å². The third-order valence-electron chi connectivity index (χ3n) is 2.39. The third kappa shape index (κ3) is 6.23. The molecule has 0 unspecified atom stereocenters. The van der Waals surface area contributed by atoms with Gasteiger partial charge in [-0.3, -0.25) is 0 Å². The van der Waals surface area contributed by atoms with Crippen LogP contribution in [0.4, 0.5) is 0 Å². The zero-order valence-electron chi connectivity index (χ0n) is 10.1. The van der Waals surface area contributed by atoms with E-state index in [0.29, 0.717) is 12.3 Å². The first-order valence-corrected chi connectivity index (χ1v) is 6.68. The lowest BCUT2D eigenvalue weighted by atomic mass is 10.2. The topological polar surface area (TPSA) is 83.5 Å². The van der Waals surface area contributed by atoms with Crippen LogP contribution in [0.25, 0.3) is 0 Å². The van der Waals surface area contributed by atoms with Gasteiger partial charge in [-0.25, -0.2) is 4.98 Å². The van der Waals surface area contributed by atoms with Crippen LogP contribution in [0, 0.1) is 6.92 Å². The molecule has 0 atom stereocenters. The largest absolute Gasteiger partial charge is 0.409 e. The van der Waals surface area contributed by atoms with Gasteiger partial charge in [-0.2, -0.15) is 0 Å². The number of thiazole rings is 1. The molecule has 0 radical (unpaired) electrons. The van der Waals surface area contributed by atoms with Gasteiger partial charge in [-0.15, -0.1) is 11.3 Å². The van der Waals surface area contributed by atoms with Gasteiger partial charge in [0.1, 0.15) is 5.84 Å². The van der Waals surface area contributed by atoms with Crippen LogP contribution in [-0.4, -0.2) is 29.1 Å². The van der Waals surface area contributed by atoms with Gasteiger partial charge in [0.15, 0.2) is 0 Å². The molecular weight excluding hydrogens is 236 g/mol. The molecule has 0 saturated heterocycles. The van der Waals surface area contributed by atoms with Crippen molar-refractivity contribution in [2.45, 2.75) is 32.6 Å². The first-order valence-electron chi connectivity index (χ1n) is 5.80. The summed E-state index contributed by atoms with van der Waals surface area (Å²) in [7, 11) is 0. The fraction of sp³-hybridized carbons (Fsp3) is 0.636. The summed E-state index contributed by atoms with van der Waals surface area (Å²) < 4.78 is 0. The van der Waals surface area contributed by atoms with Crippen molar-refractivity contribution in [2.75, 3.05) is 13.1 Å². The Bertz CT molecular complexity index is 351. The summed E-state index contributed by atoms with van der Waals surface area (Å²) in [5.74, 6) is 0.308. The summed E-state index contributed by atoms with van der Waals surface area (Å²) >= 11 is 1.69. The molecule has 96 valence electrons. The molecule has 1 heterocycles. The number of hydrogen-bond donors (Lipinski definition) is 3. The maximum absolute atomic E-state index is 8.34. The van der Waals surface area contributed by atoms with E-state index in [9.17, 15) is 0 Å². The zero-order chi connectivity index (χ0) is 12.5. The second kappa shape index (κ2) is 8.03. The molecular formula is C11H20N4OS. The van der Waals surface area contributed by atoms with Gasteiger partial charge in [0.05, 0.1) is 10.7 Å². The maximum Gasteiger partial charge on any atom is 0.139 e. The molecule has 0 spiro atoms. The molecule has 0 amide bonds. The van der Waals surface area contributed by atoms with E-state index in [1.807, 2.05) is 6.92 Å². The van der Waals surface area contributed by atoms with Crippen LogP contribution in [0.1, 0.15) is 30.0 Å². The minimum Gasteiger partial charge on any atom is -0.409 e. The van der Waals surface area contributed by atoms with E-state index in [-0.39, 0.29) is 0 Å². The van der Waals surface area contributed by atoms with Gasteiger partial charge < -0.3 is 16.3 Å². The number of nitrogens with one attached hydrogen (secondary N) is 1. The van der Waals surface area contributed by atoms with Gasteiger partial charge in [0, 0.05) is 24.8 Å². The Labute approximate surface area is 106 Å². The lowest BCUT2D eigenvalue weighted by Gasteiger charge is -2.03. The molecule has 0 bridgehead atoms. The molecule has 1 aromatic heterocycles. The second-order valence-corrected chi connectivity index (χ2v) is 4.97. The average Bonchev–Trinajstić information content (AvgIpc) is 2.73. The molecule has 0 fully saturated rings. The fourth-order valence-corrected chi connectivity index (χ4v) is 2.12. The second-order valence-electron chi connectivity index (χ2n) is 3.91. The molecule has 17 heavy (non-hydrogen) atoms. The van der Waals surface area contributed by atoms with Gasteiger partial charge in [0.2, 0.25) is 0 Å². The Morgan fingerprint density at radius 3 is 3.00 bits per heavy atom. The van der Waals surface area contributed by atoms with Gasteiger partial charge in [-0.05, 0) is 26.3 Å². The smallest absolute Gasteiger partial charge is 0.139 e. The number of nitrogens with two attached hydrogens (primary N) is 1. The number of aryl methyl sites for hydroxylation is 1. The number of rotatable bonds is 8. The molecule has 4 N–H and O–H groups in total. The Morgan fingerprint density at radius 2 is 2.35 bits per heavy atom. The van der Waals surface area contributed by atoms with Crippen LogP contribution in [0.15, 0.2) is 10.5 Å². The molecule has 1 rings (SSSR count).